The number of benzene rings is 2. The van der Waals surface area contributed by atoms with Crippen molar-refractivity contribution in [2.45, 2.75) is 0 Å². The molecule has 0 aliphatic rings. The monoisotopic (exact) mass is 304 g/mol. The summed E-state index contributed by atoms with van der Waals surface area (Å²) >= 11 is 0. The molecule has 112 valence electrons. The summed E-state index contributed by atoms with van der Waals surface area (Å²) in [6, 6.07) is 13.7. The number of aromatic carboxylic acids is 1. The molecule has 0 atom stereocenters. The molecule has 0 aliphatic heterocycles. The van der Waals surface area contributed by atoms with Gasteiger partial charge in [-0.1, -0.05) is 12.1 Å². The lowest BCUT2D eigenvalue weighted by Crippen LogP contribution is -1.94. The fourth-order valence-electron chi connectivity index (χ4n) is 2.06. The average molecular weight is 304 g/mol. The number of allylic oxidation sites excluding steroid dienone is 1. The van der Waals surface area contributed by atoms with E-state index in [2.05, 4.69) is 20.8 Å². The van der Waals surface area contributed by atoms with E-state index in [9.17, 15) is 4.79 Å². The Morgan fingerprint density at radius 2 is 1.96 bits per heavy atom. The van der Waals surface area contributed by atoms with Crippen LogP contribution < -0.4 is 0 Å². The van der Waals surface area contributed by atoms with Gasteiger partial charge in [-0.2, -0.15) is 0 Å². The van der Waals surface area contributed by atoms with Gasteiger partial charge >= 0.3 is 5.97 Å². The van der Waals surface area contributed by atoms with Crippen molar-refractivity contribution in [2.24, 2.45) is 4.99 Å². The van der Waals surface area contributed by atoms with Crippen molar-refractivity contribution in [3.8, 4) is 0 Å². The molecule has 1 heterocycles. The van der Waals surface area contributed by atoms with Crippen LogP contribution in [0.4, 0.5) is 5.69 Å². The number of fused-ring (bicyclic) bond motifs is 1. The quantitative estimate of drug-likeness (QED) is 0.644. The summed E-state index contributed by atoms with van der Waals surface area (Å²) in [5.74, 6) is 1.83. The van der Waals surface area contributed by atoms with Crippen LogP contribution in [0.3, 0.4) is 0 Å². The van der Waals surface area contributed by atoms with E-state index in [1.165, 1.54) is 18.3 Å². The lowest BCUT2D eigenvalue weighted by molar-refractivity contribution is 0.0697. The van der Waals surface area contributed by atoms with Crippen molar-refractivity contribution in [2.75, 3.05) is 0 Å². The third-order valence-electron chi connectivity index (χ3n) is 3.24. The molecule has 0 amide bonds. The number of aliphatic imine (C=N–C) groups is 1. The van der Waals surface area contributed by atoms with Crippen LogP contribution in [-0.2, 0) is 0 Å². The number of rotatable bonds is 4. The van der Waals surface area contributed by atoms with Gasteiger partial charge in [-0.05, 0) is 42.3 Å². The molecule has 3 aromatic rings. The van der Waals surface area contributed by atoms with Gasteiger partial charge in [0.05, 0.1) is 27.9 Å². The molecule has 0 saturated heterocycles. The Morgan fingerprint density at radius 1 is 1.22 bits per heavy atom. The minimum absolute atomic E-state index is 0.198. The molecule has 0 saturated carbocycles. The number of nitrogens with one attached hydrogen (secondary N) is 2. The first-order chi connectivity index (χ1) is 11.2. The summed E-state index contributed by atoms with van der Waals surface area (Å²) in [7, 11) is 0. The predicted octanol–water partition coefficient (Wildman–Crippen LogP) is 3.30. The van der Waals surface area contributed by atoms with Gasteiger partial charge in [0.2, 0.25) is 0 Å². The summed E-state index contributed by atoms with van der Waals surface area (Å²) < 4.78 is 0. The van der Waals surface area contributed by atoms with Crippen LogP contribution in [0.2, 0.25) is 0 Å². The van der Waals surface area contributed by atoms with Gasteiger partial charge in [0, 0.05) is 6.21 Å². The van der Waals surface area contributed by atoms with Crippen molar-refractivity contribution in [1.29, 1.82) is 5.41 Å². The van der Waals surface area contributed by atoms with Crippen LogP contribution >= 0.6 is 0 Å². The van der Waals surface area contributed by atoms with Crippen LogP contribution in [-0.4, -0.2) is 33.1 Å². The number of hydrogen-bond acceptors (Lipinski definition) is 4. The summed E-state index contributed by atoms with van der Waals surface area (Å²) in [6.45, 7) is 0. The van der Waals surface area contributed by atoms with Gasteiger partial charge in [-0.15, -0.1) is 0 Å². The minimum Gasteiger partial charge on any atom is -0.478 e. The van der Waals surface area contributed by atoms with E-state index in [1.807, 2.05) is 24.3 Å². The highest BCUT2D eigenvalue weighted by molar-refractivity contribution is 6.20. The molecule has 6 nitrogen and oxygen atoms in total. The van der Waals surface area contributed by atoms with Crippen molar-refractivity contribution in [3.63, 3.8) is 0 Å². The molecule has 6 heteroatoms. The Hall–Kier alpha value is -3.50. The summed E-state index contributed by atoms with van der Waals surface area (Å²) in [5.41, 5.74) is 2.86. The Morgan fingerprint density at radius 3 is 2.61 bits per heavy atom. The molecular formula is C17H12N4O2. The van der Waals surface area contributed by atoms with E-state index in [0.29, 0.717) is 17.1 Å². The van der Waals surface area contributed by atoms with Crippen LogP contribution in [0.5, 0.6) is 0 Å². The molecule has 0 radical (unpaired) electrons. The molecule has 2 aromatic carbocycles. The second-order valence-corrected chi connectivity index (χ2v) is 4.75. The molecule has 0 aliphatic carbocycles. The molecule has 3 N–H and O–H groups in total. The first-order valence-electron chi connectivity index (χ1n) is 6.79. The Balaban J connectivity index is 1.87. The lowest BCUT2D eigenvalue weighted by Gasteiger charge is -1.96. The number of carboxylic acid groups (broad SMARTS) is 1. The maximum atomic E-state index is 10.8. The molecule has 23 heavy (non-hydrogen) atoms. The first kappa shape index (κ1) is 14.4. The predicted molar refractivity (Wildman–Crippen MR) is 88.8 cm³/mol. The number of para-hydroxylation sites is 2. The SMILES string of the molecule is N=C=C(C=Nc1ccc(C(=O)O)cc1)c1nc2ccccc2[nH]1. The third-order valence-corrected chi connectivity index (χ3v) is 3.24. The van der Waals surface area contributed by atoms with E-state index in [0.717, 1.165) is 11.0 Å². The number of carbonyl (C=O) groups is 1. The second-order valence-electron chi connectivity index (χ2n) is 4.75. The number of hydrogen-bond donors (Lipinski definition) is 3. The smallest absolute Gasteiger partial charge is 0.335 e. The Bertz CT molecular complexity index is 915. The number of aromatic nitrogens is 2. The van der Waals surface area contributed by atoms with Gasteiger partial charge in [-0.3, -0.25) is 10.4 Å². The number of imidazole rings is 1. The third kappa shape index (κ3) is 3.07. The van der Waals surface area contributed by atoms with Gasteiger partial charge in [0.15, 0.2) is 0 Å². The van der Waals surface area contributed by atoms with Gasteiger partial charge in [0.1, 0.15) is 5.82 Å². The van der Waals surface area contributed by atoms with Gasteiger partial charge in [-0.25, -0.2) is 9.78 Å². The molecule has 0 fully saturated rings. The average Bonchev–Trinajstić information content (AvgIpc) is 2.99. The summed E-state index contributed by atoms with van der Waals surface area (Å²) in [6.07, 6.45) is 1.47. The summed E-state index contributed by atoms with van der Waals surface area (Å²) in [4.78, 5) is 22.5. The number of nitrogens with zero attached hydrogens (tertiary/aromatic N) is 2. The largest absolute Gasteiger partial charge is 0.478 e. The van der Waals surface area contributed by atoms with E-state index in [4.69, 9.17) is 10.5 Å². The standard InChI is InChI=1S/C17H12N4O2/c18-9-12(16-20-14-3-1-2-4-15(14)21-16)10-19-13-7-5-11(6-8-13)17(22)23/h1-8,10,18H,(H,20,21)(H,22,23). The highest BCUT2D eigenvalue weighted by Gasteiger charge is 2.06. The van der Waals surface area contributed by atoms with Crippen molar-refractivity contribution >= 4 is 40.3 Å². The molecule has 0 unspecified atom stereocenters. The van der Waals surface area contributed by atoms with Crippen molar-refractivity contribution in [1.82, 2.24) is 9.97 Å². The minimum atomic E-state index is -0.983. The van der Waals surface area contributed by atoms with Crippen LogP contribution in [0.1, 0.15) is 16.2 Å². The molecule has 0 bridgehead atoms. The number of aromatic amines is 1. The maximum Gasteiger partial charge on any atom is 0.335 e. The zero-order valence-corrected chi connectivity index (χ0v) is 11.9. The normalized spacial score (nSPS) is 10.8. The molecule has 3 rings (SSSR count). The van der Waals surface area contributed by atoms with Gasteiger partial charge in [0.25, 0.3) is 0 Å². The second kappa shape index (κ2) is 6.09. The Kier molecular flexibility index (Phi) is 3.82. The summed E-state index contributed by atoms with van der Waals surface area (Å²) in [5, 5.41) is 16.3. The number of H-pyrrole nitrogens is 1. The van der Waals surface area contributed by atoms with Crippen LogP contribution in [0.25, 0.3) is 16.6 Å². The Labute approximate surface area is 131 Å². The highest BCUT2D eigenvalue weighted by Crippen LogP contribution is 2.17. The number of carboxylic acids is 1. The zero-order valence-electron chi connectivity index (χ0n) is 11.9. The fourth-order valence-corrected chi connectivity index (χ4v) is 2.06. The molecule has 0 spiro atoms. The van der Waals surface area contributed by atoms with Crippen molar-refractivity contribution in [3.05, 3.63) is 59.9 Å². The fraction of sp³-hybridized carbons (Fsp3) is 0. The van der Waals surface area contributed by atoms with E-state index >= 15 is 0 Å². The lowest BCUT2D eigenvalue weighted by atomic mass is 10.2. The van der Waals surface area contributed by atoms with Gasteiger partial charge < -0.3 is 10.1 Å². The van der Waals surface area contributed by atoms with E-state index < -0.39 is 5.97 Å². The van der Waals surface area contributed by atoms with Crippen molar-refractivity contribution < 1.29 is 9.90 Å². The zero-order chi connectivity index (χ0) is 16.2. The van der Waals surface area contributed by atoms with Crippen LogP contribution in [0, 0.1) is 5.41 Å². The van der Waals surface area contributed by atoms with E-state index in [1.54, 1.807) is 12.1 Å². The van der Waals surface area contributed by atoms with E-state index in [-0.39, 0.29) is 5.56 Å². The topological polar surface area (TPSA) is 102 Å². The van der Waals surface area contributed by atoms with Crippen LogP contribution in [0.15, 0.2) is 53.5 Å². The highest BCUT2D eigenvalue weighted by atomic mass is 16.4. The molecular weight excluding hydrogens is 292 g/mol. The molecule has 1 aromatic heterocycles. The maximum absolute atomic E-state index is 10.8. The first-order valence-corrected chi connectivity index (χ1v) is 6.79.